The van der Waals surface area contributed by atoms with E-state index in [1.807, 2.05) is 31.2 Å². The Labute approximate surface area is 131 Å². The van der Waals surface area contributed by atoms with Gasteiger partial charge in [-0.3, -0.25) is 0 Å². The van der Waals surface area contributed by atoms with Crippen molar-refractivity contribution in [1.82, 2.24) is 0 Å². The number of rotatable bonds is 5. The zero-order valence-corrected chi connectivity index (χ0v) is 13.2. The third-order valence-electron chi connectivity index (χ3n) is 3.40. The quantitative estimate of drug-likeness (QED) is 0.822. The van der Waals surface area contributed by atoms with Crippen LogP contribution in [0.2, 0.25) is 5.02 Å². The third kappa shape index (κ3) is 3.92. The fourth-order valence-corrected chi connectivity index (χ4v) is 3.06. The van der Waals surface area contributed by atoms with Crippen LogP contribution in [-0.4, -0.2) is 20.5 Å². The molecule has 0 aromatic heterocycles. The van der Waals surface area contributed by atoms with E-state index in [2.05, 4.69) is 0 Å². The molecule has 0 spiro atoms. The van der Waals surface area contributed by atoms with Gasteiger partial charge < -0.3 is 9.66 Å². The van der Waals surface area contributed by atoms with Crippen molar-refractivity contribution in [2.24, 2.45) is 0 Å². The van der Waals surface area contributed by atoms with Crippen LogP contribution in [0.15, 0.2) is 42.5 Å². The number of halogens is 1. The summed E-state index contributed by atoms with van der Waals surface area (Å²) >= 11 is 4.36. The van der Waals surface area contributed by atoms with Crippen LogP contribution >= 0.6 is 11.6 Å². The highest BCUT2D eigenvalue weighted by atomic mass is 35.5. The van der Waals surface area contributed by atoms with E-state index < -0.39 is 11.1 Å². The van der Waals surface area contributed by atoms with Gasteiger partial charge in [0, 0.05) is 23.1 Å². The molecular weight excluding hydrogens is 308 g/mol. The molecule has 0 aliphatic rings. The van der Waals surface area contributed by atoms with Gasteiger partial charge in [-0.25, -0.2) is 4.21 Å². The normalized spacial score (nSPS) is 13.9. The lowest BCUT2D eigenvalue weighted by atomic mass is 9.94. The lowest BCUT2D eigenvalue weighted by Gasteiger charge is -2.14. The van der Waals surface area contributed by atoms with Crippen LogP contribution in [0, 0.1) is 0 Å². The van der Waals surface area contributed by atoms with E-state index in [9.17, 15) is 9.32 Å². The highest BCUT2D eigenvalue weighted by molar-refractivity contribution is 7.78. The topological polar surface area (TPSA) is 57.5 Å². The highest BCUT2D eigenvalue weighted by Crippen LogP contribution is 2.33. The first-order valence-electron chi connectivity index (χ1n) is 6.59. The molecule has 2 unspecified atom stereocenters. The van der Waals surface area contributed by atoms with Gasteiger partial charge in [0.25, 0.3) is 0 Å². The second-order valence-electron chi connectivity index (χ2n) is 4.95. The molecule has 0 fully saturated rings. The lowest BCUT2D eigenvalue weighted by Crippen LogP contribution is -2.00. The second-order valence-corrected chi connectivity index (χ2v) is 6.29. The van der Waals surface area contributed by atoms with Crippen LogP contribution in [0.3, 0.4) is 0 Å². The van der Waals surface area contributed by atoms with Crippen molar-refractivity contribution < 1.29 is 13.9 Å². The average molecular weight is 325 g/mol. The van der Waals surface area contributed by atoms with E-state index in [1.165, 1.54) is 0 Å². The molecule has 0 saturated heterocycles. The van der Waals surface area contributed by atoms with Crippen molar-refractivity contribution in [2.45, 2.75) is 18.6 Å². The number of benzene rings is 2. The summed E-state index contributed by atoms with van der Waals surface area (Å²) in [5, 5.41) is 9.83. The summed E-state index contributed by atoms with van der Waals surface area (Å²) in [5.41, 5.74) is 3.40. The van der Waals surface area contributed by atoms with Crippen LogP contribution in [0.5, 0.6) is 0 Å². The first-order chi connectivity index (χ1) is 10.0. The van der Waals surface area contributed by atoms with Crippen molar-refractivity contribution in [3.63, 3.8) is 0 Å². The molecule has 2 aromatic carbocycles. The zero-order valence-electron chi connectivity index (χ0n) is 11.6. The number of hydrogen-bond donors (Lipinski definition) is 2. The van der Waals surface area contributed by atoms with Gasteiger partial charge in [-0.2, -0.15) is 0 Å². The molecule has 21 heavy (non-hydrogen) atoms. The van der Waals surface area contributed by atoms with E-state index in [4.69, 9.17) is 16.2 Å². The molecule has 5 heteroatoms. The summed E-state index contributed by atoms with van der Waals surface area (Å²) in [6.07, 6.45) is 0. The summed E-state index contributed by atoms with van der Waals surface area (Å²) in [6, 6.07) is 13.1. The average Bonchev–Trinajstić information content (AvgIpc) is 2.46. The van der Waals surface area contributed by atoms with Crippen LogP contribution in [0.25, 0.3) is 11.1 Å². The van der Waals surface area contributed by atoms with Crippen LogP contribution in [-0.2, 0) is 16.8 Å². The highest BCUT2D eigenvalue weighted by Gasteiger charge is 2.13. The van der Waals surface area contributed by atoms with Crippen molar-refractivity contribution in [1.29, 1.82) is 0 Å². The van der Waals surface area contributed by atoms with Gasteiger partial charge in [0.15, 0.2) is 11.1 Å². The number of aliphatic hydroxyl groups is 1. The van der Waals surface area contributed by atoms with Crippen LogP contribution in [0.1, 0.15) is 24.0 Å². The molecule has 0 saturated carbocycles. The molecule has 0 radical (unpaired) electrons. The zero-order chi connectivity index (χ0) is 15.4. The summed E-state index contributed by atoms with van der Waals surface area (Å²) in [6.45, 7) is 2.01. The minimum atomic E-state index is -1.92. The predicted octanol–water partition coefficient (Wildman–Crippen LogP) is 3.82. The Morgan fingerprint density at radius 3 is 2.62 bits per heavy atom. The largest absolute Gasteiger partial charge is 0.396 e. The van der Waals surface area contributed by atoms with Crippen molar-refractivity contribution in [2.75, 3.05) is 6.61 Å². The Hall–Kier alpha value is -1.20. The minimum absolute atomic E-state index is 0.0304. The Morgan fingerprint density at radius 2 is 1.95 bits per heavy atom. The standard InChI is InChI=1S/C16H17ClO3S/c1-11(9-18)12-4-2-5-13(8-12)16-14(10-21(19)20)6-3-7-15(16)17/h2-8,11,18H,9-10H2,1H3,(H,19,20). The second kappa shape index (κ2) is 7.18. The molecule has 2 N–H and O–H groups in total. The van der Waals surface area contributed by atoms with E-state index in [0.717, 1.165) is 22.3 Å². The van der Waals surface area contributed by atoms with E-state index >= 15 is 0 Å². The first kappa shape index (κ1) is 16.2. The molecule has 112 valence electrons. The summed E-state index contributed by atoms with van der Waals surface area (Å²) in [7, 11) is 0. The molecule has 0 heterocycles. The maximum absolute atomic E-state index is 11.1. The van der Waals surface area contributed by atoms with Gasteiger partial charge in [-0.15, -0.1) is 0 Å². The molecule has 2 rings (SSSR count). The number of aliphatic hydroxyl groups excluding tert-OH is 1. The van der Waals surface area contributed by atoms with Crippen molar-refractivity contribution in [3.05, 3.63) is 58.6 Å². The maximum Gasteiger partial charge on any atom is 0.157 e. The summed E-state index contributed by atoms with van der Waals surface area (Å²) in [4.78, 5) is 0. The summed E-state index contributed by atoms with van der Waals surface area (Å²) < 4.78 is 20.3. The monoisotopic (exact) mass is 324 g/mol. The van der Waals surface area contributed by atoms with Gasteiger partial charge in [0.05, 0.1) is 5.75 Å². The molecular formula is C16H17ClO3S. The Bertz CT molecular complexity index is 658. The molecule has 2 aromatic rings. The van der Waals surface area contributed by atoms with Crippen LogP contribution in [0.4, 0.5) is 0 Å². The van der Waals surface area contributed by atoms with Crippen molar-refractivity contribution >= 4 is 22.7 Å². The minimum Gasteiger partial charge on any atom is -0.396 e. The third-order valence-corrected chi connectivity index (χ3v) is 4.27. The fraction of sp³-hybridized carbons (Fsp3) is 0.250. The van der Waals surface area contributed by atoms with E-state index in [0.29, 0.717) is 5.02 Å². The molecule has 0 aliphatic heterocycles. The van der Waals surface area contributed by atoms with Crippen molar-refractivity contribution in [3.8, 4) is 11.1 Å². The number of hydrogen-bond acceptors (Lipinski definition) is 2. The first-order valence-corrected chi connectivity index (χ1v) is 8.24. The van der Waals surface area contributed by atoms with Gasteiger partial charge in [0.2, 0.25) is 0 Å². The van der Waals surface area contributed by atoms with E-state index in [-0.39, 0.29) is 18.3 Å². The van der Waals surface area contributed by atoms with Gasteiger partial charge in [-0.1, -0.05) is 54.9 Å². The Balaban J connectivity index is 2.53. The van der Waals surface area contributed by atoms with E-state index in [1.54, 1.807) is 18.2 Å². The Kier molecular flexibility index (Phi) is 5.53. The molecule has 0 amide bonds. The SMILES string of the molecule is CC(CO)c1cccc(-c2c(Cl)cccc2CS(=O)O)c1. The summed E-state index contributed by atoms with van der Waals surface area (Å²) in [5.74, 6) is 0.0678. The van der Waals surface area contributed by atoms with Crippen LogP contribution < -0.4 is 0 Å². The molecule has 0 bridgehead atoms. The van der Waals surface area contributed by atoms with Gasteiger partial charge in [-0.05, 0) is 22.8 Å². The Morgan fingerprint density at radius 1 is 1.24 bits per heavy atom. The molecule has 0 aliphatic carbocycles. The van der Waals surface area contributed by atoms with Gasteiger partial charge >= 0.3 is 0 Å². The predicted molar refractivity (Wildman–Crippen MR) is 86.9 cm³/mol. The molecule has 3 nitrogen and oxygen atoms in total. The van der Waals surface area contributed by atoms with Gasteiger partial charge in [0.1, 0.15) is 0 Å². The maximum atomic E-state index is 11.1. The molecule has 2 atom stereocenters. The lowest BCUT2D eigenvalue weighted by molar-refractivity contribution is 0.273. The fourth-order valence-electron chi connectivity index (χ4n) is 2.25. The smallest absolute Gasteiger partial charge is 0.157 e.